The quantitative estimate of drug-likeness (QED) is 0.918. The molecule has 2 N–H and O–H groups in total. The summed E-state index contributed by atoms with van der Waals surface area (Å²) in [5.74, 6) is -0.276. The highest BCUT2D eigenvalue weighted by atomic mass is 35.5. The predicted molar refractivity (Wildman–Crippen MR) is 83.3 cm³/mol. The highest BCUT2D eigenvalue weighted by Crippen LogP contribution is 2.35. The van der Waals surface area contributed by atoms with E-state index in [0.29, 0.717) is 17.1 Å². The summed E-state index contributed by atoms with van der Waals surface area (Å²) in [6.07, 6.45) is 0.689. The van der Waals surface area contributed by atoms with E-state index in [-0.39, 0.29) is 11.9 Å². The molecule has 0 aliphatic rings. The van der Waals surface area contributed by atoms with Crippen molar-refractivity contribution in [2.75, 3.05) is 11.9 Å². The van der Waals surface area contributed by atoms with Crippen LogP contribution in [0.3, 0.4) is 0 Å². The van der Waals surface area contributed by atoms with Gasteiger partial charge in [-0.25, -0.2) is 4.39 Å². The number of rotatable bonds is 4. The van der Waals surface area contributed by atoms with Gasteiger partial charge in [-0.3, -0.25) is 0 Å². The second kappa shape index (κ2) is 6.25. The van der Waals surface area contributed by atoms with Gasteiger partial charge in [-0.15, -0.1) is 0 Å². The Hall–Kier alpha value is -1.58. The van der Waals surface area contributed by atoms with Crippen molar-refractivity contribution < 1.29 is 4.39 Å². The molecule has 0 radical (unpaired) electrons. The van der Waals surface area contributed by atoms with E-state index < -0.39 is 0 Å². The highest BCUT2D eigenvalue weighted by Gasteiger charge is 2.16. The lowest BCUT2D eigenvalue weighted by Crippen LogP contribution is -2.21. The average molecular weight is 293 g/mol. The third kappa shape index (κ3) is 3.11. The fourth-order valence-corrected chi connectivity index (χ4v) is 2.61. The van der Waals surface area contributed by atoms with Gasteiger partial charge in [-0.05, 0) is 37.1 Å². The van der Waals surface area contributed by atoms with Gasteiger partial charge in [0.1, 0.15) is 5.82 Å². The lowest BCUT2D eigenvalue weighted by Gasteiger charge is -2.25. The van der Waals surface area contributed by atoms with Crippen LogP contribution >= 0.6 is 11.6 Å². The second-order valence-corrected chi connectivity index (χ2v) is 5.35. The maximum atomic E-state index is 13.9. The maximum Gasteiger partial charge on any atom is 0.146 e. The Morgan fingerprint density at radius 2 is 1.90 bits per heavy atom. The molecule has 0 saturated heterocycles. The number of hydrogen-bond donors (Lipinski definition) is 1. The molecule has 0 spiro atoms. The number of nitrogens with zero attached hydrogens (tertiary/aromatic N) is 1. The van der Waals surface area contributed by atoms with Crippen LogP contribution in [0.5, 0.6) is 0 Å². The molecule has 106 valence electrons. The zero-order chi connectivity index (χ0) is 14.7. The van der Waals surface area contributed by atoms with Crippen molar-refractivity contribution in [3.63, 3.8) is 0 Å². The number of benzene rings is 2. The number of para-hydroxylation sites is 2. The summed E-state index contributed by atoms with van der Waals surface area (Å²) in [5.41, 5.74) is 8.18. The lowest BCUT2D eigenvalue weighted by molar-refractivity contribution is 0.627. The fraction of sp³-hybridized carbons (Fsp3) is 0.250. The Morgan fingerprint density at radius 3 is 2.55 bits per heavy atom. The van der Waals surface area contributed by atoms with Crippen molar-refractivity contribution >= 4 is 23.0 Å². The topological polar surface area (TPSA) is 29.3 Å². The Labute approximate surface area is 124 Å². The lowest BCUT2D eigenvalue weighted by atomic mass is 10.0. The molecule has 0 aliphatic heterocycles. The number of halogens is 2. The first kappa shape index (κ1) is 14.8. The van der Waals surface area contributed by atoms with E-state index in [1.165, 1.54) is 6.07 Å². The number of anilines is 2. The molecule has 20 heavy (non-hydrogen) atoms. The molecule has 0 heterocycles. The first-order valence-corrected chi connectivity index (χ1v) is 6.89. The fourth-order valence-electron chi connectivity index (χ4n) is 2.29. The van der Waals surface area contributed by atoms with Crippen molar-refractivity contribution in [3.05, 3.63) is 58.9 Å². The minimum atomic E-state index is -0.276. The van der Waals surface area contributed by atoms with E-state index in [1.54, 1.807) is 29.2 Å². The van der Waals surface area contributed by atoms with Gasteiger partial charge in [-0.2, -0.15) is 0 Å². The van der Waals surface area contributed by atoms with Crippen molar-refractivity contribution in [2.45, 2.75) is 19.4 Å². The first-order chi connectivity index (χ1) is 9.50. The van der Waals surface area contributed by atoms with Crippen LogP contribution in [0, 0.1) is 5.82 Å². The van der Waals surface area contributed by atoms with E-state index in [1.807, 2.05) is 26.1 Å². The zero-order valence-electron chi connectivity index (χ0n) is 11.6. The minimum Gasteiger partial charge on any atom is -0.341 e. The Morgan fingerprint density at radius 1 is 1.20 bits per heavy atom. The predicted octanol–water partition coefficient (Wildman–Crippen LogP) is 4.14. The summed E-state index contributed by atoms with van der Waals surface area (Å²) >= 11 is 6.31. The average Bonchev–Trinajstić information content (AvgIpc) is 2.38. The van der Waals surface area contributed by atoms with Gasteiger partial charge in [0.05, 0.1) is 16.4 Å². The standard InChI is InChI=1S/C16H18ClFN2/c1-11(19)10-12-6-5-7-13(17)16(12)20(2)15-9-4-3-8-14(15)18/h3-9,11H,10,19H2,1-2H3. The second-order valence-electron chi connectivity index (χ2n) is 4.94. The van der Waals surface area contributed by atoms with Gasteiger partial charge in [0.25, 0.3) is 0 Å². The Bertz CT molecular complexity index is 599. The normalized spacial score (nSPS) is 12.2. The molecule has 0 fully saturated rings. The first-order valence-electron chi connectivity index (χ1n) is 6.52. The molecule has 0 amide bonds. The van der Waals surface area contributed by atoms with Gasteiger partial charge < -0.3 is 10.6 Å². The number of nitrogens with two attached hydrogens (primary N) is 1. The molecule has 0 aromatic heterocycles. The molecule has 1 unspecified atom stereocenters. The van der Waals surface area contributed by atoms with Gasteiger partial charge in [-0.1, -0.05) is 35.9 Å². The van der Waals surface area contributed by atoms with Crippen LogP contribution < -0.4 is 10.6 Å². The molecule has 0 bridgehead atoms. The Balaban J connectivity index is 2.49. The molecule has 0 saturated carbocycles. The van der Waals surface area contributed by atoms with E-state index >= 15 is 0 Å². The SMILES string of the molecule is CC(N)Cc1cccc(Cl)c1N(C)c1ccccc1F. The third-order valence-corrected chi connectivity index (χ3v) is 3.47. The molecule has 0 aliphatic carbocycles. The van der Waals surface area contributed by atoms with Crippen LogP contribution in [0.25, 0.3) is 0 Å². The van der Waals surface area contributed by atoms with Crippen molar-refractivity contribution in [1.29, 1.82) is 0 Å². The summed E-state index contributed by atoms with van der Waals surface area (Å²) in [5, 5.41) is 0.592. The monoisotopic (exact) mass is 292 g/mol. The van der Waals surface area contributed by atoms with Crippen LogP contribution in [0.15, 0.2) is 42.5 Å². The molecule has 1 atom stereocenters. The van der Waals surface area contributed by atoms with Crippen molar-refractivity contribution in [1.82, 2.24) is 0 Å². The molecule has 2 aromatic carbocycles. The van der Waals surface area contributed by atoms with Crippen molar-refractivity contribution in [3.8, 4) is 0 Å². The van der Waals surface area contributed by atoms with Gasteiger partial charge >= 0.3 is 0 Å². The summed E-state index contributed by atoms with van der Waals surface area (Å²) in [7, 11) is 1.81. The third-order valence-electron chi connectivity index (χ3n) is 3.16. The molecule has 4 heteroatoms. The maximum absolute atomic E-state index is 13.9. The van der Waals surface area contributed by atoms with Crippen LogP contribution in [0.1, 0.15) is 12.5 Å². The largest absolute Gasteiger partial charge is 0.341 e. The van der Waals surface area contributed by atoms with Crippen LogP contribution in [-0.2, 0) is 6.42 Å². The smallest absolute Gasteiger partial charge is 0.146 e. The van der Waals surface area contributed by atoms with E-state index in [4.69, 9.17) is 17.3 Å². The van der Waals surface area contributed by atoms with Gasteiger partial charge in [0, 0.05) is 13.1 Å². The molecule has 2 rings (SSSR count). The van der Waals surface area contributed by atoms with Gasteiger partial charge in [0.2, 0.25) is 0 Å². The van der Waals surface area contributed by atoms with Crippen LogP contribution in [0.2, 0.25) is 5.02 Å². The summed E-state index contributed by atoms with van der Waals surface area (Å²) in [6.45, 7) is 1.94. The summed E-state index contributed by atoms with van der Waals surface area (Å²) in [6, 6.07) is 12.3. The van der Waals surface area contributed by atoms with Crippen LogP contribution in [0.4, 0.5) is 15.8 Å². The van der Waals surface area contributed by atoms with Crippen LogP contribution in [-0.4, -0.2) is 13.1 Å². The van der Waals surface area contributed by atoms with E-state index in [9.17, 15) is 4.39 Å². The van der Waals surface area contributed by atoms with E-state index in [2.05, 4.69) is 0 Å². The molecule has 2 nitrogen and oxygen atoms in total. The summed E-state index contributed by atoms with van der Waals surface area (Å²) in [4.78, 5) is 1.77. The highest BCUT2D eigenvalue weighted by molar-refractivity contribution is 6.33. The minimum absolute atomic E-state index is 0.0150. The molecular weight excluding hydrogens is 275 g/mol. The molecular formula is C16H18ClFN2. The van der Waals surface area contributed by atoms with E-state index in [0.717, 1.165) is 11.3 Å². The van der Waals surface area contributed by atoms with Crippen molar-refractivity contribution in [2.24, 2.45) is 5.73 Å². The molecule has 2 aromatic rings. The summed E-state index contributed by atoms with van der Waals surface area (Å²) < 4.78 is 13.9. The zero-order valence-corrected chi connectivity index (χ0v) is 12.4. The number of hydrogen-bond acceptors (Lipinski definition) is 2. The Kier molecular flexibility index (Phi) is 4.63. The van der Waals surface area contributed by atoms with Gasteiger partial charge in [0.15, 0.2) is 0 Å².